The summed E-state index contributed by atoms with van der Waals surface area (Å²) in [5, 5.41) is 3.36. The van der Waals surface area contributed by atoms with Gasteiger partial charge < -0.3 is 10.3 Å². The number of hydrogen-bond acceptors (Lipinski definition) is 3. The average molecular weight is 450 g/mol. The predicted molar refractivity (Wildman–Crippen MR) is 134 cm³/mol. The second-order valence-corrected chi connectivity index (χ2v) is 11.8. The first-order valence-corrected chi connectivity index (χ1v) is 13.3. The lowest BCUT2D eigenvalue weighted by Crippen LogP contribution is -2.19. The molecule has 2 N–H and O–H groups in total. The van der Waals surface area contributed by atoms with Gasteiger partial charge in [0, 0.05) is 19.3 Å². The first kappa shape index (κ1) is 22.8. The second kappa shape index (κ2) is 10.1. The molecular formula is C27H35N3OS. The third-order valence-corrected chi connectivity index (χ3v) is 9.46. The monoisotopic (exact) mass is 449 g/mol. The van der Waals surface area contributed by atoms with Crippen LogP contribution in [-0.4, -0.2) is 26.1 Å². The van der Waals surface area contributed by atoms with E-state index in [9.17, 15) is 4.21 Å². The van der Waals surface area contributed by atoms with Gasteiger partial charge in [-0.2, -0.15) is 0 Å². The highest BCUT2D eigenvalue weighted by atomic mass is 32.2. The molecule has 2 atom stereocenters. The highest BCUT2D eigenvalue weighted by Crippen LogP contribution is 2.30. The zero-order valence-electron chi connectivity index (χ0n) is 19.4. The van der Waals surface area contributed by atoms with Crippen molar-refractivity contribution in [1.82, 2.24) is 15.3 Å². The Balaban J connectivity index is 1.69. The summed E-state index contributed by atoms with van der Waals surface area (Å²) in [6.45, 7) is 4.45. The Labute approximate surface area is 192 Å². The molecule has 1 aliphatic carbocycles. The molecule has 1 unspecified atom stereocenters. The number of H-pyrrole nitrogens is 1. The van der Waals surface area contributed by atoms with Crippen molar-refractivity contribution in [2.24, 2.45) is 5.92 Å². The number of aromatic amines is 1. The molecule has 4 rings (SSSR count). The molecule has 0 saturated heterocycles. The molecular weight excluding hydrogens is 414 g/mol. The van der Waals surface area contributed by atoms with E-state index in [1.807, 2.05) is 43.6 Å². The fourth-order valence-electron chi connectivity index (χ4n) is 4.64. The fraction of sp³-hybridized carbons (Fsp3) is 0.407. The van der Waals surface area contributed by atoms with Crippen LogP contribution in [-0.2, 0) is 9.52 Å². The van der Waals surface area contributed by atoms with Gasteiger partial charge in [-0.05, 0) is 79.8 Å². The van der Waals surface area contributed by atoms with Gasteiger partial charge in [0.15, 0.2) is 0 Å². The zero-order valence-corrected chi connectivity index (χ0v) is 20.3. The van der Waals surface area contributed by atoms with Crippen LogP contribution >= 0.6 is 0 Å². The molecule has 4 nitrogen and oxygen atoms in total. The molecule has 1 saturated carbocycles. The lowest BCUT2D eigenvalue weighted by molar-refractivity contribution is 0.442. The van der Waals surface area contributed by atoms with E-state index in [0.29, 0.717) is 5.92 Å². The summed E-state index contributed by atoms with van der Waals surface area (Å²) in [6, 6.07) is 18.5. The van der Waals surface area contributed by atoms with E-state index >= 15 is 0 Å². The van der Waals surface area contributed by atoms with Crippen molar-refractivity contribution in [1.29, 1.82) is 0 Å². The van der Waals surface area contributed by atoms with E-state index in [-0.39, 0.29) is 6.04 Å². The minimum Gasteiger partial charge on any atom is -0.341 e. The van der Waals surface area contributed by atoms with E-state index in [1.54, 1.807) is 0 Å². The van der Waals surface area contributed by atoms with E-state index in [1.165, 1.54) is 11.3 Å². The van der Waals surface area contributed by atoms with Crippen LogP contribution in [0, 0.1) is 5.92 Å². The van der Waals surface area contributed by atoms with Gasteiger partial charge in [-0.25, -0.2) is 4.98 Å². The lowest BCUT2D eigenvalue weighted by Gasteiger charge is -2.22. The Hall–Kier alpha value is -2.37. The minimum atomic E-state index is -2.39. The van der Waals surface area contributed by atoms with Crippen LogP contribution < -0.4 is 5.32 Å². The Bertz CT molecular complexity index is 1130. The minimum absolute atomic E-state index is 0.211. The third-order valence-electron chi connectivity index (χ3n) is 6.37. The SMILES string of the molecule is CN[C@@H](CC(C)C)c1ncc(-c2ccc(S(=O)(=C3CCCCC3)c3ccccc3)cc2)[nH]1. The van der Waals surface area contributed by atoms with Crippen molar-refractivity contribution in [3.05, 3.63) is 66.6 Å². The number of nitrogens with zero attached hydrogens (tertiary/aromatic N) is 1. The average Bonchev–Trinajstić information content (AvgIpc) is 3.33. The normalized spacial score (nSPS) is 17.3. The smallest absolute Gasteiger partial charge is 0.123 e. The van der Waals surface area contributed by atoms with Crippen LogP contribution in [0.1, 0.15) is 64.2 Å². The first-order chi connectivity index (χ1) is 15.5. The van der Waals surface area contributed by atoms with Gasteiger partial charge in [0.1, 0.15) is 5.82 Å². The van der Waals surface area contributed by atoms with Crippen LogP contribution in [0.4, 0.5) is 0 Å². The van der Waals surface area contributed by atoms with Crippen molar-refractivity contribution in [2.75, 3.05) is 7.05 Å². The van der Waals surface area contributed by atoms with E-state index in [4.69, 9.17) is 0 Å². The summed E-state index contributed by atoms with van der Waals surface area (Å²) in [7, 11) is -0.413. The summed E-state index contributed by atoms with van der Waals surface area (Å²) in [4.78, 5) is 11.2. The largest absolute Gasteiger partial charge is 0.341 e. The molecule has 2 aromatic carbocycles. The number of aromatic nitrogens is 2. The topological polar surface area (TPSA) is 57.8 Å². The Morgan fingerprint density at radius 1 is 0.969 bits per heavy atom. The van der Waals surface area contributed by atoms with Gasteiger partial charge in [-0.1, -0.05) is 50.6 Å². The summed E-state index contributed by atoms with van der Waals surface area (Å²) in [5.74, 6) is 1.55. The van der Waals surface area contributed by atoms with Crippen molar-refractivity contribution in [3.63, 3.8) is 0 Å². The van der Waals surface area contributed by atoms with Gasteiger partial charge >= 0.3 is 0 Å². The summed E-state index contributed by atoms with van der Waals surface area (Å²) < 4.78 is 14.6. The van der Waals surface area contributed by atoms with Crippen LogP contribution in [0.5, 0.6) is 0 Å². The molecule has 0 amide bonds. The Morgan fingerprint density at radius 2 is 1.62 bits per heavy atom. The number of hydrogen-bond donors (Lipinski definition) is 2. The van der Waals surface area contributed by atoms with Crippen molar-refractivity contribution >= 4 is 14.4 Å². The molecule has 0 radical (unpaired) electrons. The number of imidazole rings is 1. The standard InChI is InChI=1S/C27H35N3OS/c1-20(2)18-25(28-3)27-29-19-26(30-27)21-14-16-24(17-15-21)32(31,22-10-6-4-7-11-22)23-12-8-5-9-13-23/h4,6-7,10-11,14-17,19-20,25,28H,5,8-9,12-13,18H2,1-3H3,(H,29,30)/t25-,32?/m0/s1. The number of rotatable bonds is 7. The summed E-state index contributed by atoms with van der Waals surface area (Å²) >= 11 is 0. The molecule has 3 aromatic rings. The summed E-state index contributed by atoms with van der Waals surface area (Å²) in [5.41, 5.74) is 2.06. The van der Waals surface area contributed by atoms with Crippen LogP contribution in [0.15, 0.2) is 70.6 Å². The quantitative estimate of drug-likeness (QED) is 0.421. The van der Waals surface area contributed by atoms with Crippen LogP contribution in [0.2, 0.25) is 0 Å². The molecule has 1 fully saturated rings. The van der Waals surface area contributed by atoms with Crippen LogP contribution in [0.3, 0.4) is 0 Å². The van der Waals surface area contributed by atoms with Gasteiger partial charge in [-0.15, -0.1) is 0 Å². The van der Waals surface area contributed by atoms with Gasteiger partial charge in [0.25, 0.3) is 0 Å². The van der Waals surface area contributed by atoms with Crippen molar-refractivity contribution in [3.8, 4) is 11.3 Å². The molecule has 32 heavy (non-hydrogen) atoms. The molecule has 1 aromatic heterocycles. The van der Waals surface area contributed by atoms with E-state index < -0.39 is 9.52 Å². The fourth-order valence-corrected chi connectivity index (χ4v) is 7.50. The molecule has 170 valence electrons. The maximum atomic E-state index is 14.6. The molecule has 0 bridgehead atoms. The van der Waals surface area contributed by atoms with E-state index in [2.05, 4.69) is 53.4 Å². The first-order valence-electron chi connectivity index (χ1n) is 11.8. The highest BCUT2D eigenvalue weighted by molar-refractivity contribution is 8.02. The summed E-state index contributed by atoms with van der Waals surface area (Å²) in [6.07, 6.45) is 8.36. The predicted octanol–water partition coefficient (Wildman–Crippen LogP) is 6.22. The second-order valence-electron chi connectivity index (χ2n) is 9.15. The van der Waals surface area contributed by atoms with Gasteiger partial charge in [0.2, 0.25) is 0 Å². The molecule has 1 heterocycles. The van der Waals surface area contributed by atoms with Crippen molar-refractivity contribution < 1.29 is 4.21 Å². The van der Waals surface area contributed by atoms with Gasteiger partial charge in [-0.3, -0.25) is 4.21 Å². The Morgan fingerprint density at radius 3 is 2.25 bits per heavy atom. The Kier molecular flexibility index (Phi) is 7.17. The molecule has 5 heteroatoms. The van der Waals surface area contributed by atoms with Gasteiger partial charge in [0.05, 0.1) is 17.9 Å². The van der Waals surface area contributed by atoms with Crippen LogP contribution in [0.25, 0.3) is 11.3 Å². The maximum absolute atomic E-state index is 14.6. The number of benzene rings is 2. The third kappa shape index (κ3) is 4.69. The lowest BCUT2D eigenvalue weighted by atomic mass is 10.0. The highest BCUT2D eigenvalue weighted by Gasteiger charge is 2.22. The maximum Gasteiger partial charge on any atom is 0.123 e. The molecule has 0 aliphatic heterocycles. The molecule has 1 aliphatic rings. The van der Waals surface area contributed by atoms with Crippen molar-refractivity contribution in [2.45, 2.75) is 68.2 Å². The molecule has 0 spiro atoms. The number of nitrogens with one attached hydrogen (secondary N) is 2. The van der Waals surface area contributed by atoms with E-state index in [0.717, 1.165) is 59.0 Å². The zero-order chi connectivity index (χ0) is 22.6.